The van der Waals surface area contributed by atoms with Gasteiger partial charge in [0.15, 0.2) is 0 Å². The van der Waals surface area contributed by atoms with E-state index in [1.807, 2.05) is 0 Å². The Balaban J connectivity index is 2.25. The van der Waals surface area contributed by atoms with Gasteiger partial charge in [-0.15, -0.1) is 11.6 Å². The Morgan fingerprint density at radius 1 is 1.33 bits per heavy atom. The minimum atomic E-state index is 0.0131. The molecule has 0 bridgehead atoms. The van der Waals surface area contributed by atoms with Crippen LogP contribution in [0.1, 0.15) is 17.5 Å². The van der Waals surface area contributed by atoms with Gasteiger partial charge in [-0.2, -0.15) is 0 Å². The van der Waals surface area contributed by atoms with Crippen molar-refractivity contribution >= 4 is 17.3 Å². The molecule has 0 amide bonds. The van der Waals surface area contributed by atoms with Crippen molar-refractivity contribution in [2.24, 2.45) is 0 Å². The van der Waals surface area contributed by atoms with Crippen LogP contribution < -0.4 is 5.32 Å². The lowest BCUT2D eigenvalue weighted by Crippen LogP contribution is -2.22. The standard InChI is InChI=1S/C13H14ClN/c1-9-3-5-11(6-4-9)13-8-7-12(14)10(2)15-13/h3-6,8,12,15H,2,7H2,1H3. The van der Waals surface area contributed by atoms with E-state index in [0.717, 1.165) is 17.8 Å². The van der Waals surface area contributed by atoms with E-state index in [9.17, 15) is 0 Å². The molecule has 0 spiro atoms. The van der Waals surface area contributed by atoms with E-state index in [1.54, 1.807) is 0 Å². The molecule has 1 aromatic carbocycles. The first kappa shape index (κ1) is 10.3. The summed E-state index contributed by atoms with van der Waals surface area (Å²) in [4.78, 5) is 0. The fourth-order valence-corrected chi connectivity index (χ4v) is 1.73. The van der Waals surface area contributed by atoms with E-state index in [0.29, 0.717) is 0 Å². The zero-order valence-corrected chi connectivity index (χ0v) is 9.51. The smallest absolute Gasteiger partial charge is 0.0764 e. The van der Waals surface area contributed by atoms with Crippen LogP contribution in [0.3, 0.4) is 0 Å². The van der Waals surface area contributed by atoms with Crippen molar-refractivity contribution in [3.63, 3.8) is 0 Å². The lowest BCUT2D eigenvalue weighted by atomic mass is 10.0. The molecule has 0 radical (unpaired) electrons. The Morgan fingerprint density at radius 3 is 2.60 bits per heavy atom. The van der Waals surface area contributed by atoms with Crippen LogP contribution in [-0.4, -0.2) is 5.38 Å². The molecule has 1 heterocycles. The van der Waals surface area contributed by atoms with E-state index in [2.05, 4.69) is 49.2 Å². The van der Waals surface area contributed by atoms with E-state index >= 15 is 0 Å². The lowest BCUT2D eigenvalue weighted by molar-refractivity contribution is 0.868. The molecule has 0 aliphatic carbocycles. The molecular formula is C13H14ClN. The number of rotatable bonds is 1. The molecule has 1 unspecified atom stereocenters. The number of alkyl halides is 1. The molecule has 2 heteroatoms. The van der Waals surface area contributed by atoms with Crippen LogP contribution in [0, 0.1) is 6.92 Å². The second-order valence-electron chi connectivity index (χ2n) is 3.84. The van der Waals surface area contributed by atoms with E-state index < -0.39 is 0 Å². The zero-order chi connectivity index (χ0) is 10.8. The summed E-state index contributed by atoms with van der Waals surface area (Å²) in [5.74, 6) is 0. The molecule has 0 aromatic heterocycles. The van der Waals surface area contributed by atoms with Crippen molar-refractivity contribution in [1.29, 1.82) is 0 Å². The molecule has 1 atom stereocenters. The summed E-state index contributed by atoms with van der Waals surface area (Å²) in [7, 11) is 0. The van der Waals surface area contributed by atoms with Crippen LogP contribution in [0.5, 0.6) is 0 Å². The van der Waals surface area contributed by atoms with Crippen molar-refractivity contribution in [2.45, 2.75) is 18.7 Å². The second kappa shape index (κ2) is 4.11. The predicted octanol–water partition coefficient (Wildman–Crippen LogP) is 3.45. The number of aryl methyl sites for hydroxylation is 1. The van der Waals surface area contributed by atoms with Gasteiger partial charge < -0.3 is 5.32 Å². The Morgan fingerprint density at radius 2 is 2.00 bits per heavy atom. The van der Waals surface area contributed by atoms with Gasteiger partial charge in [-0.05, 0) is 18.9 Å². The van der Waals surface area contributed by atoms with Gasteiger partial charge in [-0.1, -0.05) is 42.5 Å². The lowest BCUT2D eigenvalue weighted by Gasteiger charge is -2.22. The first-order valence-corrected chi connectivity index (χ1v) is 5.47. The van der Waals surface area contributed by atoms with Gasteiger partial charge in [0.05, 0.1) is 5.38 Å². The maximum atomic E-state index is 6.04. The second-order valence-corrected chi connectivity index (χ2v) is 4.36. The first-order valence-electron chi connectivity index (χ1n) is 5.04. The highest BCUT2D eigenvalue weighted by Crippen LogP contribution is 2.23. The maximum absolute atomic E-state index is 6.04. The number of nitrogens with one attached hydrogen (secondary N) is 1. The van der Waals surface area contributed by atoms with Gasteiger partial charge in [0.2, 0.25) is 0 Å². The normalized spacial score (nSPS) is 20.8. The van der Waals surface area contributed by atoms with Gasteiger partial charge in [-0.3, -0.25) is 0 Å². The van der Waals surface area contributed by atoms with Crippen molar-refractivity contribution in [3.05, 3.63) is 53.7 Å². The highest BCUT2D eigenvalue weighted by atomic mass is 35.5. The molecule has 1 N–H and O–H groups in total. The number of benzene rings is 1. The minimum absolute atomic E-state index is 0.0131. The summed E-state index contributed by atoms with van der Waals surface area (Å²) in [6.45, 7) is 5.99. The monoisotopic (exact) mass is 219 g/mol. The van der Waals surface area contributed by atoms with Gasteiger partial charge in [0.25, 0.3) is 0 Å². The van der Waals surface area contributed by atoms with Crippen LogP contribution in [0.2, 0.25) is 0 Å². The Bertz CT molecular complexity index is 403. The molecule has 2 rings (SSSR count). The maximum Gasteiger partial charge on any atom is 0.0764 e. The largest absolute Gasteiger partial charge is 0.358 e. The number of allylic oxidation sites excluding steroid dienone is 2. The predicted molar refractivity (Wildman–Crippen MR) is 65.7 cm³/mol. The van der Waals surface area contributed by atoms with Gasteiger partial charge in [0, 0.05) is 11.4 Å². The van der Waals surface area contributed by atoms with Crippen LogP contribution >= 0.6 is 11.6 Å². The highest BCUT2D eigenvalue weighted by molar-refractivity contribution is 6.22. The molecule has 1 aliphatic rings. The molecule has 1 aliphatic heterocycles. The molecule has 0 saturated carbocycles. The van der Waals surface area contributed by atoms with Gasteiger partial charge in [0.1, 0.15) is 0 Å². The van der Waals surface area contributed by atoms with Crippen molar-refractivity contribution in [1.82, 2.24) is 5.32 Å². The molecule has 1 aromatic rings. The summed E-state index contributed by atoms with van der Waals surface area (Å²) in [5.41, 5.74) is 4.45. The van der Waals surface area contributed by atoms with Crippen LogP contribution in [0.25, 0.3) is 5.70 Å². The van der Waals surface area contributed by atoms with Gasteiger partial charge >= 0.3 is 0 Å². The molecular weight excluding hydrogens is 206 g/mol. The minimum Gasteiger partial charge on any atom is -0.358 e. The van der Waals surface area contributed by atoms with Gasteiger partial charge in [-0.25, -0.2) is 0 Å². The third-order valence-electron chi connectivity index (χ3n) is 2.56. The Kier molecular flexibility index (Phi) is 2.83. The SMILES string of the molecule is C=C1NC(c2ccc(C)cc2)=CCC1Cl. The highest BCUT2D eigenvalue weighted by Gasteiger charge is 2.15. The summed E-state index contributed by atoms with van der Waals surface area (Å²) >= 11 is 6.04. The fourth-order valence-electron chi connectivity index (χ4n) is 1.59. The van der Waals surface area contributed by atoms with Crippen molar-refractivity contribution < 1.29 is 0 Å². The third-order valence-corrected chi connectivity index (χ3v) is 3.01. The van der Waals surface area contributed by atoms with Crippen molar-refractivity contribution in [3.8, 4) is 0 Å². The van der Waals surface area contributed by atoms with E-state index in [4.69, 9.17) is 11.6 Å². The third kappa shape index (κ3) is 2.24. The first-order chi connectivity index (χ1) is 7.16. The Hall–Kier alpha value is -1.21. The van der Waals surface area contributed by atoms with Crippen LogP contribution in [0.15, 0.2) is 42.6 Å². The van der Waals surface area contributed by atoms with Crippen LogP contribution in [-0.2, 0) is 0 Å². The Labute approximate surface area is 95.5 Å². The number of hydrogen-bond donors (Lipinski definition) is 1. The molecule has 78 valence electrons. The average molecular weight is 220 g/mol. The topological polar surface area (TPSA) is 12.0 Å². The number of halogens is 1. The van der Waals surface area contributed by atoms with E-state index in [-0.39, 0.29) is 5.38 Å². The molecule has 15 heavy (non-hydrogen) atoms. The summed E-state index contributed by atoms with van der Waals surface area (Å²) in [6.07, 6.45) is 2.97. The summed E-state index contributed by atoms with van der Waals surface area (Å²) in [5, 5.41) is 3.25. The summed E-state index contributed by atoms with van der Waals surface area (Å²) in [6, 6.07) is 8.42. The average Bonchev–Trinajstić information content (AvgIpc) is 2.23. The molecule has 1 nitrogen and oxygen atoms in total. The fraction of sp³-hybridized carbons (Fsp3) is 0.231. The molecule has 0 fully saturated rings. The number of hydrogen-bond acceptors (Lipinski definition) is 1. The van der Waals surface area contributed by atoms with E-state index in [1.165, 1.54) is 11.1 Å². The quantitative estimate of drug-likeness (QED) is 0.714. The molecule has 0 saturated heterocycles. The summed E-state index contributed by atoms with van der Waals surface area (Å²) < 4.78 is 0. The van der Waals surface area contributed by atoms with Crippen molar-refractivity contribution in [2.75, 3.05) is 0 Å². The zero-order valence-electron chi connectivity index (χ0n) is 8.76. The van der Waals surface area contributed by atoms with Crippen LogP contribution in [0.4, 0.5) is 0 Å².